The molecule has 0 spiro atoms. The second kappa shape index (κ2) is 4.16. The smallest absolute Gasteiger partial charge is 0.141 e. The Balaban J connectivity index is 2.25. The van der Waals surface area contributed by atoms with Crippen molar-refractivity contribution in [2.24, 2.45) is 5.92 Å². The van der Waals surface area contributed by atoms with Gasteiger partial charge in [0, 0.05) is 11.8 Å². The zero-order chi connectivity index (χ0) is 11.7. The van der Waals surface area contributed by atoms with Gasteiger partial charge in [0.1, 0.15) is 11.8 Å². The minimum atomic E-state index is -0.129. The van der Waals surface area contributed by atoms with Gasteiger partial charge in [-0.05, 0) is 12.3 Å². The molecule has 2 rings (SSSR count). The van der Waals surface area contributed by atoms with Gasteiger partial charge in [-0.3, -0.25) is 0 Å². The summed E-state index contributed by atoms with van der Waals surface area (Å²) >= 11 is 0. The quantitative estimate of drug-likeness (QED) is 0.692. The maximum Gasteiger partial charge on any atom is 0.141 e. The van der Waals surface area contributed by atoms with Crippen LogP contribution in [0.1, 0.15) is 30.7 Å². The number of ether oxygens (including phenoxy) is 1. The van der Waals surface area contributed by atoms with Gasteiger partial charge in [-0.15, -0.1) is 0 Å². The highest BCUT2D eigenvalue weighted by atomic mass is 16.5. The number of nitrogens with zero attached hydrogens (tertiary/aromatic N) is 1. The first-order chi connectivity index (χ1) is 7.67. The Kier molecular flexibility index (Phi) is 2.86. The van der Waals surface area contributed by atoms with E-state index in [1.54, 1.807) is 6.20 Å². The number of nitrogens with one attached hydrogen (secondary N) is 1. The second-order valence-electron chi connectivity index (χ2n) is 4.22. The van der Waals surface area contributed by atoms with Crippen molar-refractivity contribution in [3.8, 4) is 6.07 Å². The number of aliphatic hydroxyl groups is 1. The van der Waals surface area contributed by atoms with Crippen molar-refractivity contribution in [3.05, 3.63) is 17.5 Å². The molecule has 4 N–H and O–H groups in total. The molecular formula is C11H15N3O2. The lowest BCUT2D eigenvalue weighted by molar-refractivity contribution is 0.00557. The third-order valence-corrected chi connectivity index (χ3v) is 3.06. The predicted molar refractivity (Wildman–Crippen MR) is 58.4 cm³/mol. The fraction of sp³-hybridized carbons (Fsp3) is 0.545. The average molecular weight is 221 g/mol. The lowest BCUT2D eigenvalue weighted by Gasteiger charge is -2.14. The van der Waals surface area contributed by atoms with Crippen LogP contribution in [-0.4, -0.2) is 22.8 Å². The average Bonchev–Trinajstić information content (AvgIpc) is 2.81. The number of nitrogens with two attached hydrogens (primary N) is 1. The van der Waals surface area contributed by atoms with Gasteiger partial charge in [-0.2, -0.15) is 5.26 Å². The van der Waals surface area contributed by atoms with E-state index in [1.165, 1.54) is 0 Å². The van der Waals surface area contributed by atoms with E-state index < -0.39 is 0 Å². The van der Waals surface area contributed by atoms with Crippen molar-refractivity contribution in [2.75, 3.05) is 12.3 Å². The first kappa shape index (κ1) is 11.0. The molecule has 0 saturated carbocycles. The molecule has 0 radical (unpaired) electrons. The molecule has 1 saturated heterocycles. The van der Waals surface area contributed by atoms with Crippen LogP contribution in [0.25, 0.3) is 0 Å². The number of aromatic amines is 1. The number of nitriles is 1. The van der Waals surface area contributed by atoms with Crippen molar-refractivity contribution in [2.45, 2.75) is 25.6 Å². The second-order valence-corrected chi connectivity index (χ2v) is 4.22. The molecule has 0 aliphatic carbocycles. The summed E-state index contributed by atoms with van der Waals surface area (Å²) < 4.78 is 5.69. The standard InChI is InChI=1S/C11H15N3O2/c1-6-2-7(5-15)16-11(6)8-4-14-9(3-12)10(8)13/h4,6-7,11,14-15H,2,5,13H2,1H3. The maximum atomic E-state index is 9.05. The van der Waals surface area contributed by atoms with E-state index in [0.29, 0.717) is 17.3 Å². The highest BCUT2D eigenvalue weighted by Gasteiger charge is 2.34. The Morgan fingerprint density at radius 3 is 3.00 bits per heavy atom. The van der Waals surface area contributed by atoms with Gasteiger partial charge in [-0.1, -0.05) is 6.92 Å². The van der Waals surface area contributed by atoms with E-state index >= 15 is 0 Å². The lowest BCUT2D eigenvalue weighted by Crippen LogP contribution is -2.11. The summed E-state index contributed by atoms with van der Waals surface area (Å²) in [7, 11) is 0. The third-order valence-electron chi connectivity index (χ3n) is 3.06. The molecule has 1 aromatic heterocycles. The van der Waals surface area contributed by atoms with Crippen LogP contribution in [0, 0.1) is 17.2 Å². The Hall–Kier alpha value is -1.51. The summed E-state index contributed by atoms with van der Waals surface area (Å²) in [6, 6.07) is 1.99. The van der Waals surface area contributed by atoms with Crippen LogP contribution in [0.4, 0.5) is 5.69 Å². The van der Waals surface area contributed by atoms with Gasteiger partial charge in [0.25, 0.3) is 0 Å². The summed E-state index contributed by atoms with van der Waals surface area (Å²) in [6.45, 7) is 2.08. The van der Waals surface area contributed by atoms with Crippen molar-refractivity contribution in [1.82, 2.24) is 4.98 Å². The van der Waals surface area contributed by atoms with E-state index in [0.717, 1.165) is 12.0 Å². The number of nitrogen functional groups attached to an aromatic ring is 1. The molecule has 3 unspecified atom stereocenters. The predicted octanol–water partition coefficient (Wildman–Crippen LogP) is 0.927. The largest absolute Gasteiger partial charge is 0.396 e. The first-order valence-corrected chi connectivity index (χ1v) is 5.30. The van der Waals surface area contributed by atoms with Crippen LogP contribution in [-0.2, 0) is 4.74 Å². The molecule has 0 aromatic carbocycles. The van der Waals surface area contributed by atoms with E-state index in [-0.39, 0.29) is 18.8 Å². The fourth-order valence-electron chi connectivity index (χ4n) is 2.21. The van der Waals surface area contributed by atoms with Crippen LogP contribution in [0.15, 0.2) is 6.20 Å². The lowest BCUT2D eigenvalue weighted by atomic mass is 9.97. The van der Waals surface area contributed by atoms with Gasteiger partial charge < -0.3 is 20.6 Å². The zero-order valence-electron chi connectivity index (χ0n) is 9.10. The third kappa shape index (κ3) is 1.66. The normalized spacial score (nSPS) is 29.2. The monoisotopic (exact) mass is 221 g/mol. The summed E-state index contributed by atoms with van der Waals surface area (Å²) in [6.07, 6.45) is 2.28. The molecule has 1 aromatic rings. The van der Waals surface area contributed by atoms with Crippen molar-refractivity contribution in [1.29, 1.82) is 5.26 Å². The maximum absolute atomic E-state index is 9.05. The number of aliphatic hydroxyl groups excluding tert-OH is 1. The molecule has 0 bridgehead atoms. The highest BCUT2D eigenvalue weighted by Crippen LogP contribution is 2.40. The Bertz CT molecular complexity index is 421. The molecule has 5 heteroatoms. The molecule has 16 heavy (non-hydrogen) atoms. The number of anilines is 1. The molecule has 1 aliphatic heterocycles. The van der Waals surface area contributed by atoms with Crippen molar-refractivity contribution >= 4 is 5.69 Å². The Morgan fingerprint density at radius 1 is 1.75 bits per heavy atom. The number of aromatic nitrogens is 1. The van der Waals surface area contributed by atoms with Crippen molar-refractivity contribution < 1.29 is 9.84 Å². The molecule has 3 atom stereocenters. The van der Waals surface area contributed by atoms with Gasteiger partial charge in [-0.25, -0.2) is 0 Å². The summed E-state index contributed by atoms with van der Waals surface area (Å²) in [4.78, 5) is 2.83. The zero-order valence-corrected chi connectivity index (χ0v) is 9.10. The molecule has 0 amide bonds. The molecular weight excluding hydrogens is 206 g/mol. The van der Waals surface area contributed by atoms with Crippen LogP contribution in [0.2, 0.25) is 0 Å². The van der Waals surface area contributed by atoms with Crippen LogP contribution in [0.5, 0.6) is 0 Å². The minimum Gasteiger partial charge on any atom is -0.396 e. The molecule has 1 aliphatic rings. The van der Waals surface area contributed by atoms with Gasteiger partial charge in [0.2, 0.25) is 0 Å². The molecule has 2 heterocycles. The number of H-pyrrole nitrogens is 1. The molecule has 5 nitrogen and oxygen atoms in total. The number of hydrogen-bond donors (Lipinski definition) is 3. The molecule has 1 fully saturated rings. The van der Waals surface area contributed by atoms with E-state index in [4.69, 9.17) is 20.8 Å². The number of hydrogen-bond acceptors (Lipinski definition) is 4. The van der Waals surface area contributed by atoms with Crippen LogP contribution in [0.3, 0.4) is 0 Å². The van der Waals surface area contributed by atoms with E-state index in [1.807, 2.05) is 6.07 Å². The Morgan fingerprint density at radius 2 is 2.50 bits per heavy atom. The van der Waals surface area contributed by atoms with Crippen molar-refractivity contribution in [3.63, 3.8) is 0 Å². The highest BCUT2D eigenvalue weighted by molar-refractivity contribution is 5.57. The Labute approximate surface area is 93.8 Å². The summed E-state index contributed by atoms with van der Waals surface area (Å²) in [5, 5.41) is 17.8. The number of rotatable bonds is 2. The van der Waals surface area contributed by atoms with Gasteiger partial charge in [0.05, 0.1) is 24.5 Å². The molecule has 86 valence electrons. The topological polar surface area (TPSA) is 95.1 Å². The van der Waals surface area contributed by atoms with Gasteiger partial charge in [0.15, 0.2) is 0 Å². The van der Waals surface area contributed by atoms with Crippen LogP contribution < -0.4 is 5.73 Å². The van der Waals surface area contributed by atoms with Gasteiger partial charge >= 0.3 is 0 Å². The van der Waals surface area contributed by atoms with Crippen LogP contribution >= 0.6 is 0 Å². The SMILES string of the molecule is CC1CC(CO)OC1c1c[nH]c(C#N)c1N. The fourth-order valence-corrected chi connectivity index (χ4v) is 2.21. The van der Waals surface area contributed by atoms with E-state index in [2.05, 4.69) is 11.9 Å². The minimum absolute atomic E-state index is 0.0241. The first-order valence-electron chi connectivity index (χ1n) is 5.30. The summed E-state index contributed by atoms with van der Waals surface area (Å²) in [5.41, 5.74) is 7.50. The summed E-state index contributed by atoms with van der Waals surface area (Å²) in [5.74, 6) is 0.293. The van der Waals surface area contributed by atoms with E-state index in [9.17, 15) is 0 Å².